The maximum absolute atomic E-state index is 5.99. The number of hydrogen-bond donors (Lipinski definition) is 1. The van der Waals surface area contributed by atoms with Gasteiger partial charge in [-0.1, -0.05) is 19.8 Å². The third-order valence-corrected chi connectivity index (χ3v) is 5.47. The van der Waals surface area contributed by atoms with E-state index in [0.717, 1.165) is 19.2 Å². The number of morpholine rings is 1. The monoisotopic (exact) mass is 252 g/mol. The van der Waals surface area contributed by atoms with E-state index in [2.05, 4.69) is 17.1 Å². The second kappa shape index (κ2) is 5.48. The van der Waals surface area contributed by atoms with Crippen LogP contribution in [-0.2, 0) is 4.74 Å². The quantitative estimate of drug-likeness (QED) is 0.831. The number of nitrogens with one attached hydrogen (secondary N) is 1. The van der Waals surface area contributed by atoms with Crippen LogP contribution in [0.25, 0.3) is 0 Å². The maximum Gasteiger partial charge on any atom is 0.0730 e. The van der Waals surface area contributed by atoms with Crippen molar-refractivity contribution >= 4 is 0 Å². The van der Waals surface area contributed by atoms with Crippen LogP contribution in [0.2, 0.25) is 0 Å². The van der Waals surface area contributed by atoms with Gasteiger partial charge in [0.05, 0.1) is 12.7 Å². The van der Waals surface area contributed by atoms with Crippen molar-refractivity contribution in [3.05, 3.63) is 0 Å². The van der Waals surface area contributed by atoms with Crippen molar-refractivity contribution in [3.8, 4) is 0 Å². The summed E-state index contributed by atoms with van der Waals surface area (Å²) in [6.07, 6.45) is 8.63. The molecule has 0 bridgehead atoms. The molecular formula is C15H28N2O. The highest BCUT2D eigenvalue weighted by Crippen LogP contribution is 2.35. The largest absolute Gasteiger partial charge is 0.375 e. The Hall–Kier alpha value is -0.120. The lowest BCUT2D eigenvalue weighted by molar-refractivity contribution is -0.0979. The molecule has 2 heterocycles. The molecule has 3 unspecified atom stereocenters. The lowest BCUT2D eigenvalue weighted by Gasteiger charge is -2.47. The third kappa shape index (κ3) is 2.45. The summed E-state index contributed by atoms with van der Waals surface area (Å²) in [5.74, 6) is 0. The molecule has 104 valence electrons. The van der Waals surface area contributed by atoms with Gasteiger partial charge in [0.2, 0.25) is 0 Å². The van der Waals surface area contributed by atoms with E-state index in [4.69, 9.17) is 4.74 Å². The maximum atomic E-state index is 5.99. The van der Waals surface area contributed by atoms with Crippen LogP contribution in [0.4, 0.5) is 0 Å². The first-order valence-electron chi connectivity index (χ1n) is 7.89. The van der Waals surface area contributed by atoms with Gasteiger partial charge in [-0.05, 0) is 37.6 Å². The van der Waals surface area contributed by atoms with Gasteiger partial charge >= 0.3 is 0 Å². The molecule has 0 aromatic rings. The fourth-order valence-corrected chi connectivity index (χ4v) is 4.15. The minimum Gasteiger partial charge on any atom is -0.375 e. The molecule has 0 amide bonds. The number of nitrogens with zero attached hydrogens (tertiary/aromatic N) is 1. The van der Waals surface area contributed by atoms with E-state index in [1.165, 1.54) is 58.2 Å². The van der Waals surface area contributed by atoms with E-state index in [1.54, 1.807) is 0 Å². The lowest BCUT2D eigenvalue weighted by Crippen LogP contribution is -2.55. The van der Waals surface area contributed by atoms with E-state index in [-0.39, 0.29) is 0 Å². The van der Waals surface area contributed by atoms with Crippen LogP contribution in [0.5, 0.6) is 0 Å². The smallest absolute Gasteiger partial charge is 0.0730 e. The van der Waals surface area contributed by atoms with E-state index in [9.17, 15) is 0 Å². The molecule has 18 heavy (non-hydrogen) atoms. The summed E-state index contributed by atoms with van der Waals surface area (Å²) < 4.78 is 5.99. The summed E-state index contributed by atoms with van der Waals surface area (Å²) in [6.45, 7) is 8.20. The molecule has 3 rings (SSSR count). The minimum absolute atomic E-state index is 0.538. The number of ether oxygens (including phenoxy) is 1. The molecular weight excluding hydrogens is 224 g/mol. The van der Waals surface area contributed by atoms with Crippen LogP contribution in [-0.4, -0.2) is 49.8 Å². The molecule has 2 saturated heterocycles. The highest BCUT2D eigenvalue weighted by Gasteiger charge is 2.40. The van der Waals surface area contributed by atoms with E-state index >= 15 is 0 Å². The first kappa shape index (κ1) is 12.9. The predicted molar refractivity (Wildman–Crippen MR) is 73.8 cm³/mol. The van der Waals surface area contributed by atoms with Gasteiger partial charge in [-0.2, -0.15) is 0 Å². The predicted octanol–water partition coefficient (Wildman–Crippen LogP) is 2.02. The Balaban J connectivity index is 1.66. The summed E-state index contributed by atoms with van der Waals surface area (Å²) in [6, 6.07) is 0.719. The van der Waals surface area contributed by atoms with Gasteiger partial charge in [0.1, 0.15) is 0 Å². The SMILES string of the molecule is CCC1(CN2CCOC3CCCCC32)CCNC1. The molecule has 3 aliphatic rings. The highest BCUT2D eigenvalue weighted by molar-refractivity contribution is 4.94. The van der Waals surface area contributed by atoms with E-state index in [0.29, 0.717) is 11.5 Å². The Labute approximate surface area is 111 Å². The van der Waals surface area contributed by atoms with Crippen molar-refractivity contribution in [2.45, 2.75) is 57.6 Å². The molecule has 0 aromatic carbocycles. The van der Waals surface area contributed by atoms with Crippen molar-refractivity contribution in [1.29, 1.82) is 0 Å². The Morgan fingerprint density at radius 3 is 3.00 bits per heavy atom. The molecule has 0 spiro atoms. The van der Waals surface area contributed by atoms with Crippen LogP contribution < -0.4 is 5.32 Å². The molecule has 0 aromatic heterocycles. The Morgan fingerprint density at radius 1 is 1.33 bits per heavy atom. The Morgan fingerprint density at radius 2 is 2.22 bits per heavy atom. The van der Waals surface area contributed by atoms with Gasteiger partial charge in [0.15, 0.2) is 0 Å². The van der Waals surface area contributed by atoms with Crippen LogP contribution in [0.1, 0.15) is 45.4 Å². The highest BCUT2D eigenvalue weighted by atomic mass is 16.5. The zero-order valence-electron chi connectivity index (χ0n) is 11.8. The molecule has 3 fully saturated rings. The summed E-state index contributed by atoms with van der Waals surface area (Å²) in [4.78, 5) is 2.77. The summed E-state index contributed by atoms with van der Waals surface area (Å²) >= 11 is 0. The van der Waals surface area contributed by atoms with E-state index in [1.807, 2.05) is 0 Å². The lowest BCUT2D eigenvalue weighted by atomic mass is 9.81. The average Bonchev–Trinajstić information content (AvgIpc) is 2.88. The van der Waals surface area contributed by atoms with Gasteiger partial charge in [-0.15, -0.1) is 0 Å². The molecule has 3 nitrogen and oxygen atoms in total. The fraction of sp³-hybridized carbons (Fsp3) is 1.00. The number of hydrogen-bond acceptors (Lipinski definition) is 3. The normalized spacial score (nSPS) is 41.8. The molecule has 1 aliphatic carbocycles. The topological polar surface area (TPSA) is 24.5 Å². The zero-order valence-corrected chi connectivity index (χ0v) is 11.8. The summed E-state index contributed by atoms with van der Waals surface area (Å²) in [5.41, 5.74) is 0.541. The molecule has 3 atom stereocenters. The number of fused-ring (bicyclic) bond motifs is 1. The molecule has 0 radical (unpaired) electrons. The molecule has 1 saturated carbocycles. The standard InChI is InChI=1S/C15H28N2O/c1-2-15(7-8-16-11-15)12-17-9-10-18-14-6-4-3-5-13(14)17/h13-14,16H,2-12H2,1H3. The first-order chi connectivity index (χ1) is 8.83. The first-order valence-corrected chi connectivity index (χ1v) is 7.89. The number of rotatable bonds is 3. The van der Waals surface area contributed by atoms with Crippen molar-refractivity contribution in [3.63, 3.8) is 0 Å². The second-order valence-electron chi connectivity index (χ2n) is 6.51. The second-order valence-corrected chi connectivity index (χ2v) is 6.51. The fourth-order valence-electron chi connectivity index (χ4n) is 4.15. The van der Waals surface area contributed by atoms with Crippen LogP contribution in [0.3, 0.4) is 0 Å². The van der Waals surface area contributed by atoms with Crippen molar-refractivity contribution < 1.29 is 4.74 Å². The van der Waals surface area contributed by atoms with Crippen molar-refractivity contribution in [2.75, 3.05) is 32.8 Å². The summed E-state index contributed by atoms with van der Waals surface area (Å²) in [7, 11) is 0. The Bertz CT molecular complexity index is 274. The van der Waals surface area contributed by atoms with E-state index < -0.39 is 0 Å². The minimum atomic E-state index is 0.538. The average molecular weight is 252 g/mol. The molecule has 3 heteroatoms. The van der Waals surface area contributed by atoms with Crippen LogP contribution in [0, 0.1) is 5.41 Å². The van der Waals surface area contributed by atoms with Crippen LogP contribution >= 0.6 is 0 Å². The summed E-state index contributed by atoms with van der Waals surface area (Å²) in [5, 5.41) is 3.57. The van der Waals surface area contributed by atoms with Gasteiger partial charge < -0.3 is 10.1 Å². The van der Waals surface area contributed by atoms with Gasteiger partial charge in [0.25, 0.3) is 0 Å². The zero-order chi connectivity index (χ0) is 12.4. The van der Waals surface area contributed by atoms with Gasteiger partial charge in [-0.25, -0.2) is 0 Å². The molecule has 2 aliphatic heterocycles. The van der Waals surface area contributed by atoms with Gasteiger partial charge in [0, 0.05) is 25.7 Å². The van der Waals surface area contributed by atoms with Gasteiger partial charge in [-0.3, -0.25) is 4.90 Å². The Kier molecular flexibility index (Phi) is 3.92. The third-order valence-electron chi connectivity index (χ3n) is 5.47. The van der Waals surface area contributed by atoms with Crippen molar-refractivity contribution in [1.82, 2.24) is 10.2 Å². The van der Waals surface area contributed by atoms with Crippen LogP contribution in [0.15, 0.2) is 0 Å². The molecule has 1 N–H and O–H groups in total. The van der Waals surface area contributed by atoms with Crippen molar-refractivity contribution in [2.24, 2.45) is 5.41 Å².